The Morgan fingerprint density at radius 3 is 2.44 bits per heavy atom. The van der Waals surface area contributed by atoms with Gasteiger partial charge in [-0.05, 0) is 55.5 Å². The molecule has 0 aliphatic rings. The number of hydrogen-bond donors (Lipinski definition) is 2. The van der Waals surface area contributed by atoms with Crippen molar-refractivity contribution in [3.8, 4) is 6.07 Å². The summed E-state index contributed by atoms with van der Waals surface area (Å²) in [6.45, 7) is 1.48. The second-order valence-corrected chi connectivity index (χ2v) is 5.84. The maximum atomic E-state index is 12.5. The largest absolute Gasteiger partial charge is 0.340 e. The standard InChI is InChI=1S/C21H16N4O2/c1-14(26)16-3-2-4-19(11-16)25-21(27)17-9-10-23-20(12-17)24-18-7-5-15(13-22)6-8-18/h2-12H,1H3,(H,23,24)(H,25,27). The molecular weight excluding hydrogens is 340 g/mol. The minimum atomic E-state index is -0.305. The van der Waals surface area contributed by atoms with Crippen LogP contribution in [0.5, 0.6) is 0 Å². The molecule has 132 valence electrons. The van der Waals surface area contributed by atoms with E-state index < -0.39 is 0 Å². The Morgan fingerprint density at radius 1 is 0.963 bits per heavy atom. The molecular formula is C21H16N4O2. The number of benzene rings is 2. The Bertz CT molecular complexity index is 1040. The normalized spacial score (nSPS) is 9.93. The maximum absolute atomic E-state index is 12.5. The van der Waals surface area contributed by atoms with Gasteiger partial charge in [-0.25, -0.2) is 4.98 Å². The molecule has 0 saturated carbocycles. The third-order valence-electron chi connectivity index (χ3n) is 3.84. The van der Waals surface area contributed by atoms with Crippen molar-refractivity contribution >= 4 is 28.9 Å². The Balaban J connectivity index is 1.74. The van der Waals surface area contributed by atoms with E-state index in [1.165, 1.54) is 13.1 Å². The van der Waals surface area contributed by atoms with Crippen molar-refractivity contribution in [2.45, 2.75) is 6.92 Å². The molecule has 6 nitrogen and oxygen atoms in total. The van der Waals surface area contributed by atoms with E-state index in [0.717, 1.165) is 5.69 Å². The van der Waals surface area contributed by atoms with Crippen molar-refractivity contribution in [1.29, 1.82) is 5.26 Å². The molecule has 6 heteroatoms. The molecule has 0 atom stereocenters. The van der Waals surface area contributed by atoms with E-state index >= 15 is 0 Å². The van der Waals surface area contributed by atoms with Gasteiger partial charge in [0, 0.05) is 28.7 Å². The number of pyridine rings is 1. The van der Waals surface area contributed by atoms with Crippen molar-refractivity contribution in [3.63, 3.8) is 0 Å². The summed E-state index contributed by atoms with van der Waals surface area (Å²) < 4.78 is 0. The number of hydrogen-bond acceptors (Lipinski definition) is 5. The number of rotatable bonds is 5. The zero-order chi connectivity index (χ0) is 19.2. The van der Waals surface area contributed by atoms with E-state index in [1.807, 2.05) is 0 Å². The van der Waals surface area contributed by atoms with Crippen LogP contribution in [-0.2, 0) is 0 Å². The highest BCUT2D eigenvalue weighted by Gasteiger charge is 2.09. The zero-order valence-electron chi connectivity index (χ0n) is 14.6. The number of Topliss-reactive ketones (excluding diaryl/α,β-unsaturated/α-hetero) is 1. The highest BCUT2D eigenvalue weighted by molar-refractivity contribution is 6.05. The number of ketones is 1. The summed E-state index contributed by atoms with van der Waals surface area (Å²) in [5.41, 5.74) is 2.83. The second-order valence-electron chi connectivity index (χ2n) is 5.84. The van der Waals surface area contributed by atoms with Gasteiger partial charge in [-0.3, -0.25) is 9.59 Å². The third-order valence-corrected chi connectivity index (χ3v) is 3.84. The molecule has 0 unspecified atom stereocenters. The van der Waals surface area contributed by atoms with Gasteiger partial charge in [0.2, 0.25) is 0 Å². The van der Waals surface area contributed by atoms with Gasteiger partial charge in [-0.2, -0.15) is 5.26 Å². The van der Waals surface area contributed by atoms with Crippen LogP contribution in [0.3, 0.4) is 0 Å². The maximum Gasteiger partial charge on any atom is 0.255 e. The van der Waals surface area contributed by atoms with Crippen LogP contribution in [0.2, 0.25) is 0 Å². The van der Waals surface area contributed by atoms with E-state index in [-0.39, 0.29) is 11.7 Å². The second kappa shape index (κ2) is 7.93. The molecule has 0 saturated heterocycles. The predicted octanol–water partition coefficient (Wildman–Crippen LogP) is 4.15. The van der Waals surface area contributed by atoms with Gasteiger partial charge in [0.15, 0.2) is 5.78 Å². The SMILES string of the molecule is CC(=O)c1cccc(NC(=O)c2ccnc(Nc3ccc(C#N)cc3)c2)c1. The van der Waals surface area contributed by atoms with E-state index in [9.17, 15) is 9.59 Å². The van der Waals surface area contributed by atoms with Crippen LogP contribution in [0.1, 0.15) is 33.2 Å². The molecule has 3 aromatic rings. The number of amides is 1. The van der Waals surface area contributed by atoms with Gasteiger partial charge in [0.25, 0.3) is 5.91 Å². The molecule has 27 heavy (non-hydrogen) atoms. The fourth-order valence-electron chi connectivity index (χ4n) is 2.44. The summed E-state index contributed by atoms with van der Waals surface area (Å²) in [4.78, 5) is 28.2. The summed E-state index contributed by atoms with van der Waals surface area (Å²) in [6, 6.07) is 19.0. The van der Waals surface area contributed by atoms with Gasteiger partial charge in [-0.1, -0.05) is 12.1 Å². The van der Waals surface area contributed by atoms with Gasteiger partial charge in [0.05, 0.1) is 11.6 Å². The van der Waals surface area contributed by atoms with Gasteiger partial charge in [-0.15, -0.1) is 0 Å². The first kappa shape index (κ1) is 17.8. The van der Waals surface area contributed by atoms with Crippen LogP contribution in [0.4, 0.5) is 17.2 Å². The summed E-state index contributed by atoms with van der Waals surface area (Å²) in [6.07, 6.45) is 1.53. The molecule has 3 rings (SSSR count). The van der Waals surface area contributed by atoms with E-state index in [2.05, 4.69) is 21.7 Å². The lowest BCUT2D eigenvalue weighted by Crippen LogP contribution is -2.12. The number of anilines is 3. The lowest BCUT2D eigenvalue weighted by atomic mass is 10.1. The lowest BCUT2D eigenvalue weighted by molar-refractivity contribution is 0.101. The number of aromatic nitrogens is 1. The summed E-state index contributed by atoms with van der Waals surface area (Å²) in [5.74, 6) is 0.134. The number of carbonyl (C=O) groups excluding carboxylic acids is 2. The van der Waals surface area contributed by atoms with Crippen LogP contribution in [0, 0.1) is 11.3 Å². The molecule has 1 amide bonds. The molecule has 0 aliphatic carbocycles. The fourth-order valence-corrected chi connectivity index (χ4v) is 2.44. The molecule has 1 heterocycles. The fraction of sp³-hybridized carbons (Fsp3) is 0.0476. The van der Waals surface area contributed by atoms with Crippen LogP contribution in [-0.4, -0.2) is 16.7 Å². The van der Waals surface area contributed by atoms with Gasteiger partial charge < -0.3 is 10.6 Å². The topological polar surface area (TPSA) is 94.9 Å². The Hall–Kier alpha value is -3.98. The number of carbonyl (C=O) groups is 2. The van der Waals surface area contributed by atoms with Crippen molar-refractivity contribution < 1.29 is 9.59 Å². The Labute approximate surface area is 156 Å². The first-order valence-corrected chi connectivity index (χ1v) is 8.21. The number of nitrogens with zero attached hydrogens (tertiary/aromatic N) is 2. The van der Waals surface area contributed by atoms with Crippen LogP contribution < -0.4 is 10.6 Å². The summed E-state index contributed by atoms with van der Waals surface area (Å²) in [5, 5.41) is 14.7. The van der Waals surface area contributed by atoms with Crippen LogP contribution in [0.25, 0.3) is 0 Å². The quantitative estimate of drug-likeness (QED) is 0.670. The molecule has 0 aliphatic heterocycles. The molecule has 0 spiro atoms. The summed E-state index contributed by atoms with van der Waals surface area (Å²) in [7, 11) is 0. The van der Waals surface area contributed by atoms with Crippen molar-refractivity contribution in [2.24, 2.45) is 0 Å². The van der Waals surface area contributed by atoms with Crippen molar-refractivity contribution in [3.05, 3.63) is 83.6 Å². The van der Waals surface area contributed by atoms with E-state index in [0.29, 0.717) is 28.2 Å². The predicted molar refractivity (Wildman–Crippen MR) is 103 cm³/mol. The van der Waals surface area contributed by atoms with Crippen molar-refractivity contribution in [1.82, 2.24) is 4.98 Å². The van der Waals surface area contributed by atoms with Crippen molar-refractivity contribution in [2.75, 3.05) is 10.6 Å². The van der Waals surface area contributed by atoms with Gasteiger partial charge in [0.1, 0.15) is 5.82 Å². The first-order valence-electron chi connectivity index (χ1n) is 8.21. The highest BCUT2D eigenvalue weighted by atomic mass is 16.1. The van der Waals surface area contributed by atoms with Crippen LogP contribution in [0.15, 0.2) is 66.9 Å². The van der Waals surface area contributed by atoms with Gasteiger partial charge >= 0.3 is 0 Å². The zero-order valence-corrected chi connectivity index (χ0v) is 14.6. The minimum absolute atomic E-state index is 0.0658. The smallest absolute Gasteiger partial charge is 0.255 e. The molecule has 0 radical (unpaired) electrons. The monoisotopic (exact) mass is 356 g/mol. The summed E-state index contributed by atoms with van der Waals surface area (Å²) >= 11 is 0. The minimum Gasteiger partial charge on any atom is -0.340 e. The third kappa shape index (κ3) is 4.55. The van der Waals surface area contributed by atoms with Crippen LogP contribution >= 0.6 is 0 Å². The molecule has 0 fully saturated rings. The number of nitrogens with one attached hydrogen (secondary N) is 2. The number of nitriles is 1. The first-order chi connectivity index (χ1) is 13.0. The Kier molecular flexibility index (Phi) is 5.24. The van der Waals surface area contributed by atoms with E-state index in [4.69, 9.17) is 5.26 Å². The van der Waals surface area contributed by atoms with E-state index in [1.54, 1.807) is 60.7 Å². The Morgan fingerprint density at radius 2 is 1.74 bits per heavy atom. The molecule has 2 aromatic carbocycles. The molecule has 2 N–H and O–H groups in total. The average Bonchev–Trinajstić information content (AvgIpc) is 2.69. The molecule has 1 aromatic heterocycles. The lowest BCUT2D eigenvalue weighted by Gasteiger charge is -2.09. The molecule has 0 bridgehead atoms. The highest BCUT2D eigenvalue weighted by Crippen LogP contribution is 2.17. The average molecular weight is 356 g/mol.